The van der Waals surface area contributed by atoms with Gasteiger partial charge in [0.1, 0.15) is 5.76 Å². The second kappa shape index (κ2) is 4.78. The first-order valence-electron chi connectivity index (χ1n) is 6.29. The molecule has 0 saturated heterocycles. The molecule has 2 aromatic rings. The molecule has 1 aliphatic rings. The molecule has 0 bridgehead atoms. The van der Waals surface area contributed by atoms with Gasteiger partial charge in [-0.2, -0.15) is 0 Å². The number of rotatable bonds is 2. The summed E-state index contributed by atoms with van der Waals surface area (Å²) in [6.45, 7) is 1.93. The molecule has 0 amide bonds. The third kappa shape index (κ3) is 2.14. The van der Waals surface area contributed by atoms with Crippen molar-refractivity contribution in [2.45, 2.75) is 6.92 Å². The minimum absolute atomic E-state index is 0.173. The average Bonchev–Trinajstić information content (AvgIpc) is 2.76. The number of ether oxygens (including phenoxy) is 1. The highest BCUT2D eigenvalue weighted by atomic mass is 16.5. The van der Waals surface area contributed by atoms with Crippen LogP contribution in [-0.4, -0.2) is 11.8 Å². The van der Waals surface area contributed by atoms with Gasteiger partial charge >= 0.3 is 5.97 Å². The van der Waals surface area contributed by atoms with Crippen molar-refractivity contribution in [1.82, 2.24) is 0 Å². The maximum Gasteiger partial charge on any atom is 0.344 e. The number of fused-ring (bicyclic) bond motifs is 1. The molecule has 0 N–H and O–H groups in total. The number of hydrogen-bond donors (Lipinski definition) is 0. The normalized spacial score (nSPS) is 15.1. The molecular formula is C17H12O3. The summed E-state index contributed by atoms with van der Waals surface area (Å²) in [6, 6.07) is 14.4. The van der Waals surface area contributed by atoms with E-state index in [9.17, 15) is 9.59 Å². The SMILES string of the molecule is Cc1cccc(C(=O)C=C2OC(=O)c3ccccc32)c1. The van der Waals surface area contributed by atoms with Crippen molar-refractivity contribution in [1.29, 1.82) is 0 Å². The molecule has 0 aromatic heterocycles. The summed E-state index contributed by atoms with van der Waals surface area (Å²) in [5.41, 5.74) is 2.75. The second-order valence-electron chi connectivity index (χ2n) is 4.68. The number of aryl methyl sites for hydroxylation is 1. The fourth-order valence-electron chi connectivity index (χ4n) is 2.19. The summed E-state index contributed by atoms with van der Waals surface area (Å²) in [5, 5.41) is 0. The predicted octanol–water partition coefficient (Wildman–Crippen LogP) is 3.39. The number of carbonyl (C=O) groups is 2. The smallest absolute Gasteiger partial charge is 0.344 e. The number of ketones is 1. The van der Waals surface area contributed by atoms with Gasteiger partial charge in [-0.1, -0.05) is 42.0 Å². The van der Waals surface area contributed by atoms with Crippen LogP contribution in [0.4, 0.5) is 0 Å². The van der Waals surface area contributed by atoms with Gasteiger partial charge in [0, 0.05) is 17.2 Å². The summed E-state index contributed by atoms with van der Waals surface area (Å²) >= 11 is 0. The van der Waals surface area contributed by atoms with Crippen LogP contribution in [0.15, 0.2) is 54.6 Å². The van der Waals surface area contributed by atoms with E-state index in [1.54, 1.807) is 24.3 Å². The van der Waals surface area contributed by atoms with E-state index in [1.165, 1.54) is 6.08 Å². The Balaban J connectivity index is 1.98. The van der Waals surface area contributed by atoms with Crippen LogP contribution in [0.5, 0.6) is 0 Å². The molecule has 0 spiro atoms. The summed E-state index contributed by atoms with van der Waals surface area (Å²) < 4.78 is 5.16. The first-order valence-corrected chi connectivity index (χ1v) is 6.29. The Labute approximate surface area is 116 Å². The highest BCUT2D eigenvalue weighted by Gasteiger charge is 2.26. The zero-order chi connectivity index (χ0) is 14.1. The monoisotopic (exact) mass is 264 g/mol. The second-order valence-corrected chi connectivity index (χ2v) is 4.68. The van der Waals surface area contributed by atoms with Crippen LogP contribution in [0.25, 0.3) is 5.76 Å². The predicted molar refractivity (Wildman–Crippen MR) is 75.3 cm³/mol. The van der Waals surface area contributed by atoms with Crippen molar-refractivity contribution in [3.8, 4) is 0 Å². The number of hydrogen-bond acceptors (Lipinski definition) is 3. The van der Waals surface area contributed by atoms with Crippen molar-refractivity contribution in [2.75, 3.05) is 0 Å². The number of allylic oxidation sites excluding steroid dienone is 1. The van der Waals surface area contributed by atoms with E-state index in [0.29, 0.717) is 22.4 Å². The molecule has 98 valence electrons. The van der Waals surface area contributed by atoms with E-state index in [-0.39, 0.29) is 5.78 Å². The maximum atomic E-state index is 12.2. The van der Waals surface area contributed by atoms with E-state index >= 15 is 0 Å². The summed E-state index contributed by atoms with van der Waals surface area (Å²) in [6.07, 6.45) is 1.37. The average molecular weight is 264 g/mol. The number of benzene rings is 2. The minimum Gasteiger partial charge on any atom is -0.422 e. The van der Waals surface area contributed by atoms with Gasteiger partial charge in [0.2, 0.25) is 0 Å². The van der Waals surface area contributed by atoms with Gasteiger partial charge in [-0.05, 0) is 19.1 Å². The fraction of sp³-hybridized carbons (Fsp3) is 0.0588. The molecule has 0 unspecified atom stereocenters. The van der Waals surface area contributed by atoms with Crippen LogP contribution in [-0.2, 0) is 4.74 Å². The highest BCUT2D eigenvalue weighted by Crippen LogP contribution is 2.29. The van der Waals surface area contributed by atoms with Crippen molar-refractivity contribution in [3.63, 3.8) is 0 Å². The van der Waals surface area contributed by atoms with Crippen molar-refractivity contribution in [2.24, 2.45) is 0 Å². The molecule has 0 saturated carbocycles. The van der Waals surface area contributed by atoms with E-state index in [2.05, 4.69) is 0 Å². The van der Waals surface area contributed by atoms with Crippen LogP contribution in [0.3, 0.4) is 0 Å². The largest absolute Gasteiger partial charge is 0.422 e. The third-order valence-corrected chi connectivity index (χ3v) is 3.18. The van der Waals surface area contributed by atoms with Crippen LogP contribution >= 0.6 is 0 Å². The summed E-state index contributed by atoms with van der Waals surface area (Å²) in [7, 11) is 0. The Bertz CT molecular complexity index is 741. The lowest BCUT2D eigenvalue weighted by atomic mass is 10.0. The van der Waals surface area contributed by atoms with Crippen molar-refractivity contribution < 1.29 is 14.3 Å². The molecule has 3 heteroatoms. The van der Waals surface area contributed by atoms with Gasteiger partial charge in [-0.3, -0.25) is 4.79 Å². The van der Waals surface area contributed by atoms with Crippen LogP contribution in [0.2, 0.25) is 0 Å². The Morgan fingerprint density at radius 3 is 2.55 bits per heavy atom. The molecule has 0 atom stereocenters. The summed E-state index contributed by atoms with van der Waals surface area (Å²) in [4.78, 5) is 23.9. The molecule has 1 heterocycles. The minimum atomic E-state index is -0.413. The van der Waals surface area contributed by atoms with Crippen LogP contribution < -0.4 is 0 Å². The van der Waals surface area contributed by atoms with Gasteiger partial charge in [-0.15, -0.1) is 0 Å². The Morgan fingerprint density at radius 2 is 1.80 bits per heavy atom. The Hall–Kier alpha value is -2.68. The van der Waals surface area contributed by atoms with Gasteiger partial charge in [0.25, 0.3) is 0 Å². The van der Waals surface area contributed by atoms with Crippen molar-refractivity contribution in [3.05, 3.63) is 76.9 Å². The number of cyclic esters (lactones) is 1. The molecule has 0 fully saturated rings. The molecule has 2 aromatic carbocycles. The van der Waals surface area contributed by atoms with Gasteiger partial charge in [0.15, 0.2) is 5.78 Å². The molecule has 1 aliphatic heterocycles. The Kier molecular flexibility index (Phi) is 2.95. The molecule has 0 radical (unpaired) electrons. The zero-order valence-corrected chi connectivity index (χ0v) is 10.9. The van der Waals surface area contributed by atoms with E-state index in [0.717, 1.165) is 5.56 Å². The lowest BCUT2D eigenvalue weighted by Gasteiger charge is -2.00. The first kappa shape index (κ1) is 12.4. The third-order valence-electron chi connectivity index (χ3n) is 3.18. The van der Waals surface area contributed by atoms with E-state index in [4.69, 9.17) is 4.74 Å². The Morgan fingerprint density at radius 1 is 1.05 bits per heavy atom. The van der Waals surface area contributed by atoms with Crippen molar-refractivity contribution >= 4 is 17.5 Å². The number of esters is 1. The topological polar surface area (TPSA) is 43.4 Å². The number of carbonyl (C=O) groups excluding carboxylic acids is 2. The summed E-state index contributed by atoms with van der Waals surface area (Å²) in [5.74, 6) is -0.269. The van der Waals surface area contributed by atoms with Gasteiger partial charge < -0.3 is 4.74 Å². The molecule has 3 nitrogen and oxygen atoms in total. The van der Waals surface area contributed by atoms with Crippen LogP contribution in [0, 0.1) is 6.92 Å². The van der Waals surface area contributed by atoms with Crippen LogP contribution in [0.1, 0.15) is 31.8 Å². The quantitative estimate of drug-likeness (QED) is 0.474. The fourth-order valence-corrected chi connectivity index (χ4v) is 2.19. The van der Waals surface area contributed by atoms with Gasteiger partial charge in [0.05, 0.1) is 5.56 Å². The first-order chi connectivity index (χ1) is 9.65. The molecular weight excluding hydrogens is 252 g/mol. The highest BCUT2D eigenvalue weighted by molar-refractivity contribution is 6.12. The molecule has 0 aliphatic carbocycles. The lowest BCUT2D eigenvalue weighted by molar-refractivity contribution is 0.0715. The maximum absolute atomic E-state index is 12.2. The molecule has 3 rings (SSSR count). The zero-order valence-electron chi connectivity index (χ0n) is 10.9. The standard InChI is InChI=1S/C17H12O3/c1-11-5-4-6-12(9-11)15(18)10-16-13-7-2-3-8-14(13)17(19)20-16/h2-10H,1H3. The van der Waals surface area contributed by atoms with E-state index < -0.39 is 5.97 Å². The molecule has 20 heavy (non-hydrogen) atoms. The van der Waals surface area contributed by atoms with Gasteiger partial charge in [-0.25, -0.2) is 4.79 Å². The lowest BCUT2D eigenvalue weighted by Crippen LogP contribution is -1.97. The van der Waals surface area contributed by atoms with E-state index in [1.807, 2.05) is 31.2 Å².